The highest BCUT2D eigenvalue weighted by Gasteiger charge is 2.45. The Balaban J connectivity index is 1.20. The Bertz CT molecular complexity index is 2080. The van der Waals surface area contributed by atoms with Crippen molar-refractivity contribution in [3.05, 3.63) is 179 Å². The fraction of sp³-hybridized carbons (Fsp3) is 0.191. The number of benzene rings is 6. The van der Waals surface area contributed by atoms with E-state index in [-0.39, 0.29) is 11.8 Å². The van der Waals surface area contributed by atoms with Crippen molar-refractivity contribution in [2.24, 2.45) is 0 Å². The first-order valence-corrected chi connectivity index (χ1v) is 18.3. The van der Waals surface area contributed by atoms with Gasteiger partial charge in [0.15, 0.2) is 12.2 Å². The molecule has 6 aromatic rings. The van der Waals surface area contributed by atoms with Crippen molar-refractivity contribution in [3.63, 3.8) is 0 Å². The molecule has 0 radical (unpaired) electrons. The lowest BCUT2D eigenvalue weighted by atomic mass is 9.67. The fourth-order valence-corrected chi connectivity index (χ4v) is 7.40. The lowest BCUT2D eigenvalue weighted by Crippen LogP contribution is -2.33. The minimum Gasteiger partial charge on any atom is -0.480 e. The van der Waals surface area contributed by atoms with Gasteiger partial charge in [-0.15, -0.1) is 0 Å². The molecule has 0 spiro atoms. The lowest BCUT2D eigenvalue weighted by molar-refractivity contribution is -0.123. The highest BCUT2D eigenvalue weighted by molar-refractivity contribution is 5.95. The predicted octanol–water partition coefficient (Wildman–Crippen LogP) is 10.3. The van der Waals surface area contributed by atoms with Crippen molar-refractivity contribution in [2.45, 2.75) is 58.2 Å². The van der Waals surface area contributed by atoms with Gasteiger partial charge in [-0.25, -0.2) is 0 Å². The van der Waals surface area contributed by atoms with Crippen LogP contribution in [0.4, 0.5) is 11.4 Å². The topological polar surface area (TPSA) is 76.7 Å². The van der Waals surface area contributed by atoms with Gasteiger partial charge in [-0.3, -0.25) is 9.59 Å². The van der Waals surface area contributed by atoms with E-state index >= 15 is 0 Å². The van der Waals surface area contributed by atoms with Gasteiger partial charge in [0.25, 0.3) is 11.8 Å². The number of hydrogen-bond acceptors (Lipinski definition) is 4. The Labute approximate surface area is 311 Å². The highest BCUT2D eigenvalue weighted by atomic mass is 16.5. The van der Waals surface area contributed by atoms with Gasteiger partial charge < -0.3 is 20.1 Å². The van der Waals surface area contributed by atoms with Gasteiger partial charge in [-0.1, -0.05) is 123 Å². The quantitative estimate of drug-likeness (QED) is 0.133. The summed E-state index contributed by atoms with van der Waals surface area (Å²) in [4.78, 5) is 26.8. The SMILES string of the molecule is CCC(Oc1ccccc1C)C(=O)Nc1ccc(C2(c3ccc(NC(=O)C(CC)Oc4ccccc4C)cc3)c3ccccc3-c3ccccc32)cc1. The molecule has 0 fully saturated rings. The molecule has 1 aliphatic carbocycles. The van der Waals surface area contributed by atoms with E-state index in [1.165, 1.54) is 22.3 Å². The molecule has 6 aromatic carbocycles. The maximum absolute atomic E-state index is 13.4. The number of rotatable bonds is 12. The standard InChI is InChI=1S/C47H44N2O4/c1-5-41(52-43-21-13-7-15-31(43)3)45(50)48-35-27-23-33(24-28-35)47(39-19-11-9-17-37(39)38-18-10-12-20-40(38)47)34-25-29-36(30-26-34)49-46(51)42(6-2)53-44-22-14-8-16-32(44)4/h7-30,41-42H,5-6H2,1-4H3,(H,48,50)(H,49,51). The van der Waals surface area contributed by atoms with Gasteiger partial charge in [0.1, 0.15) is 11.5 Å². The van der Waals surface area contributed by atoms with Crippen LogP contribution in [0.1, 0.15) is 60.1 Å². The van der Waals surface area contributed by atoms with Gasteiger partial charge >= 0.3 is 0 Å². The summed E-state index contributed by atoms with van der Waals surface area (Å²) in [7, 11) is 0. The van der Waals surface area contributed by atoms with E-state index < -0.39 is 17.6 Å². The minimum atomic E-state index is -0.641. The molecule has 0 saturated heterocycles. The molecule has 1 aliphatic rings. The first-order valence-electron chi connectivity index (χ1n) is 18.3. The van der Waals surface area contributed by atoms with E-state index in [1.54, 1.807) is 0 Å². The number of fused-ring (bicyclic) bond motifs is 3. The van der Waals surface area contributed by atoms with E-state index in [0.29, 0.717) is 35.7 Å². The van der Waals surface area contributed by atoms with Gasteiger partial charge in [0.05, 0.1) is 5.41 Å². The van der Waals surface area contributed by atoms with Gasteiger partial charge in [-0.2, -0.15) is 0 Å². The molecule has 0 heterocycles. The van der Waals surface area contributed by atoms with Crippen LogP contribution in [0.25, 0.3) is 11.1 Å². The van der Waals surface area contributed by atoms with Crippen LogP contribution in [0.2, 0.25) is 0 Å². The molecular formula is C47H44N2O4. The summed E-state index contributed by atoms with van der Waals surface area (Å²) in [5.41, 5.74) is 9.53. The first-order chi connectivity index (χ1) is 25.8. The third kappa shape index (κ3) is 6.81. The lowest BCUT2D eigenvalue weighted by Gasteiger charge is -2.34. The summed E-state index contributed by atoms with van der Waals surface area (Å²) < 4.78 is 12.2. The van der Waals surface area contributed by atoms with E-state index in [1.807, 2.05) is 100 Å². The minimum absolute atomic E-state index is 0.193. The van der Waals surface area contributed by atoms with Crippen LogP contribution in [-0.4, -0.2) is 24.0 Å². The van der Waals surface area contributed by atoms with E-state index in [0.717, 1.165) is 22.3 Å². The van der Waals surface area contributed by atoms with Gasteiger partial charge in [0.2, 0.25) is 0 Å². The second-order valence-electron chi connectivity index (χ2n) is 13.5. The molecule has 7 rings (SSSR count). The molecule has 6 heteroatoms. The Hall–Kier alpha value is -6.14. The molecule has 0 aliphatic heterocycles. The summed E-state index contributed by atoms with van der Waals surface area (Å²) in [6, 6.07) is 48.8. The van der Waals surface area contributed by atoms with Crippen LogP contribution < -0.4 is 20.1 Å². The van der Waals surface area contributed by atoms with Crippen LogP contribution in [0.15, 0.2) is 146 Å². The zero-order valence-corrected chi connectivity index (χ0v) is 30.6. The summed E-state index contributed by atoms with van der Waals surface area (Å²) >= 11 is 0. The molecule has 266 valence electrons. The molecule has 2 atom stereocenters. The van der Waals surface area contributed by atoms with E-state index in [9.17, 15) is 9.59 Å². The summed E-state index contributed by atoms with van der Waals surface area (Å²) in [5, 5.41) is 6.17. The Kier molecular flexibility index (Phi) is 10.1. The van der Waals surface area contributed by atoms with Crippen molar-refractivity contribution in [3.8, 4) is 22.6 Å². The Morgan fingerprint density at radius 2 is 0.868 bits per heavy atom. The molecule has 0 bridgehead atoms. The van der Waals surface area contributed by atoms with Crippen LogP contribution >= 0.6 is 0 Å². The summed E-state index contributed by atoms with van der Waals surface area (Å²) in [6.45, 7) is 7.84. The number of nitrogens with one attached hydrogen (secondary N) is 2. The number of aryl methyl sites for hydroxylation is 2. The highest BCUT2D eigenvalue weighted by Crippen LogP contribution is 2.56. The third-order valence-corrected chi connectivity index (χ3v) is 10.2. The Morgan fingerprint density at radius 1 is 0.509 bits per heavy atom. The fourth-order valence-electron chi connectivity index (χ4n) is 7.40. The third-order valence-electron chi connectivity index (χ3n) is 10.2. The largest absolute Gasteiger partial charge is 0.480 e. The second kappa shape index (κ2) is 15.2. The normalized spacial score (nSPS) is 13.6. The molecule has 2 unspecified atom stereocenters. The Morgan fingerprint density at radius 3 is 1.25 bits per heavy atom. The number of hydrogen-bond donors (Lipinski definition) is 2. The molecule has 6 nitrogen and oxygen atoms in total. The van der Waals surface area contributed by atoms with Crippen molar-refractivity contribution in [1.29, 1.82) is 0 Å². The van der Waals surface area contributed by atoms with Crippen molar-refractivity contribution in [2.75, 3.05) is 10.6 Å². The zero-order valence-electron chi connectivity index (χ0n) is 30.6. The van der Waals surface area contributed by atoms with Crippen LogP contribution in [0.3, 0.4) is 0 Å². The molecular weight excluding hydrogens is 657 g/mol. The molecule has 2 amide bonds. The average molecular weight is 701 g/mol. The monoisotopic (exact) mass is 700 g/mol. The molecule has 0 saturated carbocycles. The summed E-state index contributed by atoms with van der Waals surface area (Å²) in [6.07, 6.45) is -0.193. The zero-order chi connectivity index (χ0) is 37.0. The van der Waals surface area contributed by atoms with Crippen LogP contribution in [-0.2, 0) is 15.0 Å². The van der Waals surface area contributed by atoms with Crippen molar-refractivity contribution < 1.29 is 19.1 Å². The second-order valence-corrected chi connectivity index (χ2v) is 13.5. The van der Waals surface area contributed by atoms with E-state index in [2.05, 4.69) is 83.4 Å². The van der Waals surface area contributed by atoms with Crippen LogP contribution in [0.5, 0.6) is 11.5 Å². The number of carbonyl (C=O) groups excluding carboxylic acids is 2. The van der Waals surface area contributed by atoms with Crippen molar-refractivity contribution in [1.82, 2.24) is 0 Å². The molecule has 2 N–H and O–H groups in total. The van der Waals surface area contributed by atoms with Gasteiger partial charge in [0, 0.05) is 11.4 Å². The molecule has 53 heavy (non-hydrogen) atoms. The molecule has 0 aromatic heterocycles. The summed E-state index contributed by atoms with van der Waals surface area (Å²) in [5.74, 6) is 1.03. The number of amides is 2. The number of carbonyl (C=O) groups is 2. The maximum atomic E-state index is 13.4. The predicted molar refractivity (Wildman–Crippen MR) is 213 cm³/mol. The first kappa shape index (κ1) is 35.3. The van der Waals surface area contributed by atoms with E-state index in [4.69, 9.17) is 9.47 Å². The smallest absolute Gasteiger partial charge is 0.265 e. The van der Waals surface area contributed by atoms with Crippen LogP contribution in [0, 0.1) is 13.8 Å². The van der Waals surface area contributed by atoms with Crippen molar-refractivity contribution >= 4 is 23.2 Å². The maximum Gasteiger partial charge on any atom is 0.265 e. The number of anilines is 2. The number of ether oxygens (including phenoxy) is 2. The van der Waals surface area contributed by atoms with Gasteiger partial charge in [-0.05, 0) is 108 Å². The number of para-hydroxylation sites is 2. The average Bonchev–Trinajstić information content (AvgIpc) is 3.49.